The van der Waals surface area contributed by atoms with E-state index in [0.717, 1.165) is 29.4 Å². The number of fused-ring (bicyclic) bond motifs is 1. The lowest BCUT2D eigenvalue weighted by atomic mass is 9.94. The highest BCUT2D eigenvalue weighted by Crippen LogP contribution is 2.30. The monoisotopic (exact) mass is 276 g/mol. The zero-order chi connectivity index (χ0) is 14.1. The number of piperidine rings is 1. The highest BCUT2D eigenvalue weighted by molar-refractivity contribution is 5.80. The number of hydrogen-bond acceptors (Lipinski definition) is 2. The molecule has 1 aromatic carbocycles. The summed E-state index contributed by atoms with van der Waals surface area (Å²) in [5.41, 5.74) is 2.08. The Labute approximate surface area is 116 Å². The molecule has 1 aromatic heterocycles. The summed E-state index contributed by atoms with van der Waals surface area (Å²) in [5, 5.41) is 0.899. The lowest BCUT2D eigenvalue weighted by molar-refractivity contribution is 0.112. The minimum atomic E-state index is -0.262. The number of aromatic amines is 1. The van der Waals surface area contributed by atoms with Gasteiger partial charge in [0.1, 0.15) is 5.82 Å². The molecule has 2 heterocycles. The molecule has 1 N–H and O–H groups in total. The molecule has 1 fully saturated rings. The van der Waals surface area contributed by atoms with Crippen LogP contribution in [-0.2, 0) is 4.74 Å². The zero-order valence-corrected chi connectivity index (χ0v) is 11.4. The zero-order valence-electron chi connectivity index (χ0n) is 11.4. The highest BCUT2D eigenvalue weighted by Gasteiger charge is 2.25. The van der Waals surface area contributed by atoms with E-state index in [-0.39, 0.29) is 11.9 Å². The smallest absolute Gasteiger partial charge is 0.409 e. The third-order valence-corrected chi connectivity index (χ3v) is 3.97. The molecule has 3 rings (SSSR count). The minimum absolute atomic E-state index is 0.219. The normalized spacial score (nSPS) is 16.6. The summed E-state index contributed by atoms with van der Waals surface area (Å²) in [7, 11) is 1.40. The molecule has 5 heteroatoms. The third-order valence-electron chi connectivity index (χ3n) is 3.97. The number of hydrogen-bond donors (Lipinski definition) is 1. The average Bonchev–Trinajstić information content (AvgIpc) is 2.89. The van der Waals surface area contributed by atoms with Gasteiger partial charge >= 0.3 is 6.09 Å². The van der Waals surface area contributed by atoms with Crippen molar-refractivity contribution in [1.29, 1.82) is 0 Å². The molecule has 1 amide bonds. The second-order valence-electron chi connectivity index (χ2n) is 5.19. The second-order valence-corrected chi connectivity index (χ2v) is 5.19. The van der Waals surface area contributed by atoms with E-state index in [1.165, 1.54) is 13.2 Å². The van der Waals surface area contributed by atoms with Gasteiger partial charge in [-0.3, -0.25) is 0 Å². The molecule has 0 spiro atoms. The van der Waals surface area contributed by atoms with E-state index in [1.54, 1.807) is 17.0 Å². The Morgan fingerprint density at radius 2 is 2.10 bits per heavy atom. The SMILES string of the molecule is COC(=O)N1CCC(c2cc3cc(F)ccc3[nH]2)CC1. The Morgan fingerprint density at radius 3 is 2.80 bits per heavy atom. The van der Waals surface area contributed by atoms with Crippen LogP contribution in [0.3, 0.4) is 0 Å². The minimum Gasteiger partial charge on any atom is -0.453 e. The van der Waals surface area contributed by atoms with Gasteiger partial charge in [-0.15, -0.1) is 0 Å². The summed E-state index contributed by atoms with van der Waals surface area (Å²) in [6, 6.07) is 6.77. The van der Waals surface area contributed by atoms with Crippen LogP contribution in [0.15, 0.2) is 24.3 Å². The summed E-state index contributed by atoms with van der Waals surface area (Å²) in [6.45, 7) is 1.39. The van der Waals surface area contributed by atoms with Gasteiger partial charge in [0.25, 0.3) is 0 Å². The van der Waals surface area contributed by atoms with Crippen LogP contribution in [0.1, 0.15) is 24.5 Å². The van der Waals surface area contributed by atoms with Crippen LogP contribution < -0.4 is 0 Å². The predicted octanol–water partition coefficient (Wildman–Crippen LogP) is 3.25. The maximum absolute atomic E-state index is 13.2. The van der Waals surface area contributed by atoms with Crippen molar-refractivity contribution >= 4 is 17.0 Å². The summed E-state index contributed by atoms with van der Waals surface area (Å²) >= 11 is 0. The standard InChI is InChI=1S/C15H17FN2O2/c1-20-15(19)18-6-4-10(5-7-18)14-9-11-8-12(16)2-3-13(11)17-14/h2-3,8-10,17H,4-7H2,1H3. The first-order chi connectivity index (χ1) is 9.67. The lowest BCUT2D eigenvalue weighted by Crippen LogP contribution is -2.37. The van der Waals surface area contributed by atoms with Crippen molar-refractivity contribution in [3.05, 3.63) is 35.8 Å². The van der Waals surface area contributed by atoms with Gasteiger partial charge in [-0.25, -0.2) is 9.18 Å². The number of rotatable bonds is 1. The average molecular weight is 276 g/mol. The molecule has 1 saturated heterocycles. The molecule has 0 radical (unpaired) electrons. The van der Waals surface area contributed by atoms with Gasteiger partial charge < -0.3 is 14.6 Å². The largest absolute Gasteiger partial charge is 0.453 e. The van der Waals surface area contributed by atoms with Crippen molar-refractivity contribution in [2.45, 2.75) is 18.8 Å². The van der Waals surface area contributed by atoms with E-state index in [2.05, 4.69) is 4.98 Å². The Hall–Kier alpha value is -2.04. The van der Waals surface area contributed by atoms with Crippen molar-refractivity contribution in [1.82, 2.24) is 9.88 Å². The van der Waals surface area contributed by atoms with Crippen molar-refractivity contribution in [3.8, 4) is 0 Å². The molecule has 0 bridgehead atoms. The van der Waals surface area contributed by atoms with Gasteiger partial charge in [0.05, 0.1) is 7.11 Å². The van der Waals surface area contributed by atoms with Gasteiger partial charge in [0.15, 0.2) is 0 Å². The Bertz CT molecular complexity index is 630. The van der Waals surface area contributed by atoms with E-state index in [1.807, 2.05) is 6.07 Å². The molecule has 106 valence electrons. The number of H-pyrrole nitrogens is 1. The van der Waals surface area contributed by atoms with Crippen molar-refractivity contribution in [3.63, 3.8) is 0 Å². The number of carbonyl (C=O) groups is 1. The highest BCUT2D eigenvalue weighted by atomic mass is 19.1. The topological polar surface area (TPSA) is 45.3 Å². The molecule has 1 aliphatic heterocycles. The molecule has 0 unspecified atom stereocenters. The van der Waals surface area contributed by atoms with Gasteiger partial charge in [-0.2, -0.15) is 0 Å². The van der Waals surface area contributed by atoms with E-state index in [4.69, 9.17) is 4.74 Å². The summed E-state index contributed by atoms with van der Waals surface area (Å²) < 4.78 is 17.9. The molecule has 0 saturated carbocycles. The molecular weight excluding hydrogens is 259 g/mol. The van der Waals surface area contributed by atoms with Crippen molar-refractivity contribution in [2.75, 3.05) is 20.2 Å². The maximum Gasteiger partial charge on any atom is 0.409 e. The fourth-order valence-electron chi connectivity index (χ4n) is 2.85. The summed E-state index contributed by atoms with van der Waals surface area (Å²) in [6.07, 6.45) is 1.52. The fourth-order valence-corrected chi connectivity index (χ4v) is 2.85. The first-order valence-electron chi connectivity index (χ1n) is 6.78. The molecule has 4 nitrogen and oxygen atoms in total. The first kappa shape index (κ1) is 13.0. The number of ether oxygens (including phenoxy) is 1. The molecule has 2 aromatic rings. The van der Waals surface area contributed by atoms with Crippen LogP contribution in [0.2, 0.25) is 0 Å². The van der Waals surface area contributed by atoms with Gasteiger partial charge in [-0.1, -0.05) is 0 Å². The number of aromatic nitrogens is 1. The first-order valence-corrected chi connectivity index (χ1v) is 6.78. The molecule has 0 aliphatic carbocycles. The van der Waals surface area contributed by atoms with Crippen molar-refractivity contribution in [2.24, 2.45) is 0 Å². The van der Waals surface area contributed by atoms with E-state index < -0.39 is 0 Å². The van der Waals surface area contributed by atoms with Crippen LogP contribution in [0, 0.1) is 5.82 Å². The Kier molecular flexibility index (Phi) is 3.34. The Morgan fingerprint density at radius 1 is 1.35 bits per heavy atom. The molecular formula is C15H17FN2O2. The number of amides is 1. The molecule has 20 heavy (non-hydrogen) atoms. The van der Waals surface area contributed by atoms with Gasteiger partial charge in [-0.05, 0) is 37.1 Å². The number of methoxy groups -OCH3 is 1. The van der Waals surface area contributed by atoms with Gasteiger partial charge in [0.2, 0.25) is 0 Å². The maximum atomic E-state index is 13.2. The number of benzene rings is 1. The van der Waals surface area contributed by atoms with E-state index in [0.29, 0.717) is 19.0 Å². The fraction of sp³-hybridized carbons (Fsp3) is 0.400. The summed E-state index contributed by atoms with van der Waals surface area (Å²) in [5.74, 6) is 0.162. The quantitative estimate of drug-likeness (QED) is 0.869. The lowest BCUT2D eigenvalue weighted by Gasteiger charge is -2.30. The van der Waals surface area contributed by atoms with Crippen LogP contribution in [-0.4, -0.2) is 36.2 Å². The van der Waals surface area contributed by atoms with Crippen LogP contribution in [0.4, 0.5) is 9.18 Å². The van der Waals surface area contributed by atoms with Crippen LogP contribution >= 0.6 is 0 Å². The molecule has 0 atom stereocenters. The van der Waals surface area contributed by atoms with Crippen LogP contribution in [0.5, 0.6) is 0 Å². The number of carbonyl (C=O) groups excluding carboxylic acids is 1. The second kappa shape index (κ2) is 5.15. The van der Waals surface area contributed by atoms with E-state index >= 15 is 0 Å². The van der Waals surface area contributed by atoms with Gasteiger partial charge in [0, 0.05) is 35.6 Å². The number of nitrogens with one attached hydrogen (secondary N) is 1. The molecule has 1 aliphatic rings. The number of halogens is 1. The van der Waals surface area contributed by atoms with Crippen LogP contribution in [0.25, 0.3) is 10.9 Å². The van der Waals surface area contributed by atoms with E-state index in [9.17, 15) is 9.18 Å². The number of likely N-dealkylation sites (tertiary alicyclic amines) is 1. The Balaban J connectivity index is 1.75. The summed E-state index contributed by atoms with van der Waals surface area (Å²) in [4.78, 5) is 16.5. The third kappa shape index (κ3) is 2.35. The predicted molar refractivity (Wildman–Crippen MR) is 74.2 cm³/mol. The van der Waals surface area contributed by atoms with Crippen molar-refractivity contribution < 1.29 is 13.9 Å². The number of nitrogens with zero attached hydrogens (tertiary/aromatic N) is 1.